The number of nitrogens with one attached hydrogen (secondary N) is 1. The summed E-state index contributed by atoms with van der Waals surface area (Å²) in [6.07, 6.45) is 4.12. The topological polar surface area (TPSA) is 39.1 Å². The van der Waals surface area contributed by atoms with Crippen LogP contribution in [0.15, 0.2) is 35.4 Å². The van der Waals surface area contributed by atoms with Gasteiger partial charge < -0.3 is 10.1 Å². The van der Waals surface area contributed by atoms with Crippen LogP contribution in [0.1, 0.15) is 12.6 Å². The van der Waals surface area contributed by atoms with E-state index in [9.17, 15) is 0 Å². The highest BCUT2D eigenvalue weighted by Gasteiger charge is 2.10. The molecule has 1 N–H and O–H groups in total. The van der Waals surface area contributed by atoms with Crippen LogP contribution in [-0.4, -0.2) is 35.6 Å². The number of hydrogen-bond donors (Lipinski definition) is 1. The lowest BCUT2D eigenvalue weighted by Crippen LogP contribution is -2.22. The fourth-order valence-corrected chi connectivity index (χ4v) is 2.52. The van der Waals surface area contributed by atoms with Crippen LogP contribution < -0.4 is 5.32 Å². The van der Waals surface area contributed by atoms with Crippen molar-refractivity contribution in [3.05, 3.63) is 36.2 Å². The van der Waals surface area contributed by atoms with Crippen LogP contribution in [0.4, 0.5) is 5.95 Å². The summed E-state index contributed by atoms with van der Waals surface area (Å²) in [6.45, 7) is 4.73. The lowest BCUT2D eigenvalue weighted by molar-refractivity contribution is 0.190. The Morgan fingerprint density at radius 1 is 1.45 bits per heavy atom. The van der Waals surface area contributed by atoms with E-state index in [-0.39, 0.29) is 6.04 Å². The average molecular weight is 291 g/mol. The molecule has 1 aromatic carbocycles. The molecule has 0 aliphatic heterocycles. The molecular weight excluding hydrogens is 270 g/mol. The van der Waals surface area contributed by atoms with Crippen molar-refractivity contribution in [3.8, 4) is 5.69 Å². The van der Waals surface area contributed by atoms with Crippen LogP contribution in [0, 0.1) is 6.92 Å². The Morgan fingerprint density at radius 3 is 2.95 bits per heavy atom. The van der Waals surface area contributed by atoms with Gasteiger partial charge in [0.15, 0.2) is 0 Å². The van der Waals surface area contributed by atoms with Gasteiger partial charge in [0.2, 0.25) is 5.95 Å². The normalized spacial score (nSPS) is 12.4. The van der Waals surface area contributed by atoms with Crippen molar-refractivity contribution in [1.29, 1.82) is 0 Å². The molecule has 108 valence electrons. The van der Waals surface area contributed by atoms with E-state index in [2.05, 4.69) is 52.3 Å². The third kappa shape index (κ3) is 3.55. The zero-order valence-corrected chi connectivity index (χ0v) is 13.2. The smallest absolute Gasteiger partial charge is 0.208 e. The van der Waals surface area contributed by atoms with E-state index in [0.717, 1.165) is 17.3 Å². The van der Waals surface area contributed by atoms with Crippen molar-refractivity contribution in [2.24, 2.45) is 0 Å². The second-order valence-electron chi connectivity index (χ2n) is 4.78. The highest BCUT2D eigenvalue weighted by atomic mass is 32.2. The summed E-state index contributed by atoms with van der Waals surface area (Å²) < 4.78 is 7.25. The maximum absolute atomic E-state index is 5.16. The van der Waals surface area contributed by atoms with Gasteiger partial charge in [-0.3, -0.25) is 4.57 Å². The van der Waals surface area contributed by atoms with Crippen molar-refractivity contribution in [1.82, 2.24) is 9.55 Å². The first kappa shape index (κ1) is 14.9. The SMILES string of the molecule is COCC(C)Nc1nc(C)cn1-c1cccc(SC)c1. The van der Waals surface area contributed by atoms with E-state index in [1.807, 2.05) is 13.1 Å². The number of ether oxygens (including phenoxy) is 1. The van der Waals surface area contributed by atoms with Gasteiger partial charge in [0, 0.05) is 29.9 Å². The van der Waals surface area contributed by atoms with Gasteiger partial charge in [-0.25, -0.2) is 4.98 Å². The minimum Gasteiger partial charge on any atom is -0.383 e. The van der Waals surface area contributed by atoms with Gasteiger partial charge in [-0.15, -0.1) is 11.8 Å². The van der Waals surface area contributed by atoms with Crippen molar-refractivity contribution in [3.63, 3.8) is 0 Å². The molecule has 0 bridgehead atoms. The molecule has 5 heteroatoms. The second kappa shape index (κ2) is 6.81. The van der Waals surface area contributed by atoms with Crippen LogP contribution in [0.3, 0.4) is 0 Å². The third-order valence-electron chi connectivity index (χ3n) is 2.95. The molecule has 0 fully saturated rings. The molecule has 1 unspecified atom stereocenters. The van der Waals surface area contributed by atoms with E-state index in [1.54, 1.807) is 18.9 Å². The Balaban J connectivity index is 2.31. The number of methoxy groups -OCH3 is 1. The number of rotatable bonds is 6. The van der Waals surface area contributed by atoms with Gasteiger partial charge in [0.05, 0.1) is 12.3 Å². The summed E-state index contributed by atoms with van der Waals surface area (Å²) in [7, 11) is 1.71. The highest BCUT2D eigenvalue weighted by Crippen LogP contribution is 2.22. The third-order valence-corrected chi connectivity index (χ3v) is 3.68. The lowest BCUT2D eigenvalue weighted by Gasteiger charge is -2.15. The number of nitrogens with zero attached hydrogens (tertiary/aromatic N) is 2. The molecule has 2 rings (SSSR count). The number of benzene rings is 1. The lowest BCUT2D eigenvalue weighted by atomic mass is 10.3. The molecule has 0 amide bonds. The van der Waals surface area contributed by atoms with Gasteiger partial charge in [-0.1, -0.05) is 6.07 Å². The van der Waals surface area contributed by atoms with Crippen molar-refractivity contribution >= 4 is 17.7 Å². The van der Waals surface area contributed by atoms with Gasteiger partial charge in [0.25, 0.3) is 0 Å². The van der Waals surface area contributed by atoms with E-state index >= 15 is 0 Å². The van der Waals surface area contributed by atoms with Crippen LogP contribution >= 0.6 is 11.8 Å². The molecule has 1 heterocycles. The Labute approximate surface area is 124 Å². The molecule has 20 heavy (non-hydrogen) atoms. The predicted octanol–water partition coefficient (Wildman–Crippen LogP) is 3.35. The molecule has 0 radical (unpaired) electrons. The molecule has 2 aromatic rings. The van der Waals surface area contributed by atoms with Crippen molar-refractivity contribution < 1.29 is 4.74 Å². The van der Waals surface area contributed by atoms with Crippen molar-refractivity contribution in [2.75, 3.05) is 25.3 Å². The summed E-state index contributed by atoms with van der Waals surface area (Å²) in [5.41, 5.74) is 2.11. The fourth-order valence-electron chi connectivity index (χ4n) is 2.07. The number of thioether (sulfide) groups is 1. The highest BCUT2D eigenvalue weighted by molar-refractivity contribution is 7.98. The van der Waals surface area contributed by atoms with E-state index in [1.165, 1.54) is 4.90 Å². The summed E-state index contributed by atoms with van der Waals surface area (Å²) in [6, 6.07) is 8.65. The first-order valence-electron chi connectivity index (χ1n) is 6.60. The quantitative estimate of drug-likeness (QED) is 0.828. The molecular formula is C15H21N3OS. The predicted molar refractivity (Wildman–Crippen MR) is 85.0 cm³/mol. The number of anilines is 1. The van der Waals surface area contributed by atoms with Crippen LogP contribution in [-0.2, 0) is 4.74 Å². The minimum absolute atomic E-state index is 0.212. The first-order chi connectivity index (χ1) is 9.63. The summed E-state index contributed by atoms with van der Waals surface area (Å²) in [5.74, 6) is 0.852. The molecule has 0 aliphatic rings. The zero-order valence-electron chi connectivity index (χ0n) is 12.4. The minimum atomic E-state index is 0.212. The number of aryl methyl sites for hydroxylation is 1. The summed E-state index contributed by atoms with van der Waals surface area (Å²) in [5, 5.41) is 3.39. The molecule has 0 saturated heterocycles. The summed E-state index contributed by atoms with van der Waals surface area (Å²) >= 11 is 1.74. The second-order valence-corrected chi connectivity index (χ2v) is 5.66. The van der Waals surface area contributed by atoms with Gasteiger partial charge in [0.1, 0.15) is 0 Å². The van der Waals surface area contributed by atoms with Gasteiger partial charge in [-0.05, 0) is 38.3 Å². The monoisotopic (exact) mass is 291 g/mol. The largest absolute Gasteiger partial charge is 0.383 e. The Morgan fingerprint density at radius 2 is 2.25 bits per heavy atom. The first-order valence-corrected chi connectivity index (χ1v) is 7.82. The van der Waals surface area contributed by atoms with Crippen molar-refractivity contribution in [2.45, 2.75) is 24.8 Å². The zero-order chi connectivity index (χ0) is 14.5. The fraction of sp³-hybridized carbons (Fsp3) is 0.400. The maximum Gasteiger partial charge on any atom is 0.208 e. The Kier molecular flexibility index (Phi) is 5.09. The number of hydrogen-bond acceptors (Lipinski definition) is 4. The number of aromatic nitrogens is 2. The molecule has 1 aromatic heterocycles. The van der Waals surface area contributed by atoms with Gasteiger partial charge in [-0.2, -0.15) is 0 Å². The van der Waals surface area contributed by atoms with E-state index in [0.29, 0.717) is 6.61 Å². The van der Waals surface area contributed by atoms with Gasteiger partial charge >= 0.3 is 0 Å². The average Bonchev–Trinajstić information content (AvgIpc) is 2.80. The van der Waals surface area contributed by atoms with E-state index < -0.39 is 0 Å². The molecule has 0 spiro atoms. The molecule has 0 aliphatic carbocycles. The number of imidazole rings is 1. The maximum atomic E-state index is 5.16. The molecule has 4 nitrogen and oxygen atoms in total. The summed E-state index contributed by atoms with van der Waals surface area (Å²) in [4.78, 5) is 5.79. The van der Waals surface area contributed by atoms with Crippen LogP contribution in [0.25, 0.3) is 5.69 Å². The van der Waals surface area contributed by atoms with E-state index in [4.69, 9.17) is 4.74 Å². The standard InChI is InChI=1S/C15H21N3OS/c1-11-9-18(13-6-5-7-14(8-13)20-4)15(16-11)17-12(2)10-19-3/h5-9,12H,10H2,1-4H3,(H,16,17). The van der Waals surface area contributed by atoms with Crippen LogP contribution in [0.2, 0.25) is 0 Å². The Hall–Kier alpha value is -1.46. The Bertz CT molecular complexity index is 568. The molecule has 1 atom stereocenters. The molecule has 0 saturated carbocycles. The van der Waals surface area contributed by atoms with Crippen LogP contribution in [0.5, 0.6) is 0 Å².